The summed E-state index contributed by atoms with van der Waals surface area (Å²) in [5.74, 6) is 1.33. The number of hydrogen-bond donors (Lipinski definition) is 3. The van der Waals surface area contributed by atoms with E-state index in [-0.39, 0.29) is 12.1 Å². The van der Waals surface area contributed by atoms with Gasteiger partial charge in [0.05, 0.1) is 6.04 Å². The molecule has 0 unspecified atom stereocenters. The van der Waals surface area contributed by atoms with Gasteiger partial charge in [0.2, 0.25) is 5.95 Å². The van der Waals surface area contributed by atoms with Gasteiger partial charge in [-0.3, -0.25) is 0 Å². The first-order valence-corrected chi connectivity index (χ1v) is 7.88. The molecular formula is C17H23N5O2. The molecule has 0 saturated heterocycles. The summed E-state index contributed by atoms with van der Waals surface area (Å²) in [6.07, 6.45) is 3.32. The zero-order valence-corrected chi connectivity index (χ0v) is 14.0. The summed E-state index contributed by atoms with van der Waals surface area (Å²) in [4.78, 5) is 19.9. The molecule has 0 aliphatic heterocycles. The van der Waals surface area contributed by atoms with E-state index in [4.69, 9.17) is 4.74 Å². The van der Waals surface area contributed by atoms with Gasteiger partial charge in [0.1, 0.15) is 12.4 Å². The van der Waals surface area contributed by atoms with E-state index in [1.807, 2.05) is 38.1 Å². The van der Waals surface area contributed by atoms with E-state index < -0.39 is 0 Å². The summed E-state index contributed by atoms with van der Waals surface area (Å²) < 4.78 is 5.64. The Morgan fingerprint density at radius 1 is 1.17 bits per heavy atom. The van der Waals surface area contributed by atoms with Gasteiger partial charge >= 0.3 is 6.03 Å². The van der Waals surface area contributed by atoms with E-state index >= 15 is 0 Å². The molecule has 2 amide bonds. The summed E-state index contributed by atoms with van der Waals surface area (Å²) in [5, 5.41) is 8.61. The molecule has 0 spiro atoms. The summed E-state index contributed by atoms with van der Waals surface area (Å²) in [7, 11) is 0. The molecule has 1 aromatic carbocycles. The molecule has 7 nitrogen and oxygen atoms in total. The molecule has 1 heterocycles. The number of urea groups is 1. The van der Waals surface area contributed by atoms with Crippen LogP contribution in [-0.4, -0.2) is 41.7 Å². The maximum atomic E-state index is 11.8. The molecule has 3 N–H and O–H groups in total. The highest BCUT2D eigenvalue weighted by Crippen LogP contribution is 2.11. The standard InChI is InChI=1S/C17H23N5O2/c1-13-4-6-15(7-5-13)24-12-14(2)22-17(23)21-11-10-20-16-18-8-3-9-19-16/h3-9,14H,10-12H2,1-2H3,(H,18,19,20)(H2,21,22,23)/t14-/m0/s1. The van der Waals surface area contributed by atoms with Crippen LogP contribution in [0.25, 0.3) is 0 Å². The van der Waals surface area contributed by atoms with Gasteiger partial charge in [0, 0.05) is 25.5 Å². The van der Waals surface area contributed by atoms with Crippen LogP contribution in [0, 0.1) is 6.92 Å². The van der Waals surface area contributed by atoms with E-state index in [0.717, 1.165) is 5.75 Å². The van der Waals surface area contributed by atoms with Crippen LogP contribution < -0.4 is 20.7 Å². The van der Waals surface area contributed by atoms with E-state index in [1.165, 1.54) is 5.56 Å². The topological polar surface area (TPSA) is 88.2 Å². The monoisotopic (exact) mass is 329 g/mol. The molecule has 0 radical (unpaired) electrons. The fourth-order valence-electron chi connectivity index (χ4n) is 1.91. The lowest BCUT2D eigenvalue weighted by Crippen LogP contribution is -2.44. The third kappa shape index (κ3) is 6.51. The molecular weight excluding hydrogens is 306 g/mol. The largest absolute Gasteiger partial charge is 0.491 e. The molecule has 7 heteroatoms. The molecule has 0 saturated carbocycles. The van der Waals surface area contributed by atoms with Gasteiger partial charge in [-0.1, -0.05) is 17.7 Å². The van der Waals surface area contributed by atoms with E-state index in [2.05, 4.69) is 25.9 Å². The van der Waals surface area contributed by atoms with Crippen molar-refractivity contribution < 1.29 is 9.53 Å². The van der Waals surface area contributed by atoms with Crippen molar-refractivity contribution in [3.8, 4) is 5.75 Å². The number of carbonyl (C=O) groups is 1. The molecule has 1 atom stereocenters. The van der Waals surface area contributed by atoms with Crippen LogP contribution in [-0.2, 0) is 0 Å². The zero-order valence-electron chi connectivity index (χ0n) is 14.0. The first-order chi connectivity index (χ1) is 11.6. The van der Waals surface area contributed by atoms with Crippen molar-refractivity contribution in [3.63, 3.8) is 0 Å². The second-order valence-corrected chi connectivity index (χ2v) is 5.42. The number of rotatable bonds is 8. The number of amides is 2. The number of carbonyl (C=O) groups excluding carboxylic acids is 1. The van der Waals surface area contributed by atoms with Gasteiger partial charge in [0.25, 0.3) is 0 Å². The lowest BCUT2D eigenvalue weighted by atomic mass is 10.2. The van der Waals surface area contributed by atoms with Gasteiger partial charge in [-0.2, -0.15) is 0 Å². The Balaban J connectivity index is 1.58. The Morgan fingerprint density at radius 2 is 1.88 bits per heavy atom. The minimum Gasteiger partial charge on any atom is -0.491 e. The first kappa shape index (κ1) is 17.5. The number of aromatic nitrogens is 2. The first-order valence-electron chi connectivity index (χ1n) is 7.88. The summed E-state index contributed by atoms with van der Waals surface area (Å²) in [6, 6.07) is 9.23. The van der Waals surface area contributed by atoms with Crippen molar-refractivity contribution in [2.75, 3.05) is 25.0 Å². The van der Waals surface area contributed by atoms with Crippen molar-refractivity contribution >= 4 is 12.0 Å². The molecule has 1 aromatic heterocycles. The van der Waals surface area contributed by atoms with Gasteiger partial charge in [-0.25, -0.2) is 14.8 Å². The van der Waals surface area contributed by atoms with Crippen molar-refractivity contribution in [1.29, 1.82) is 0 Å². The van der Waals surface area contributed by atoms with Crippen molar-refractivity contribution in [2.24, 2.45) is 0 Å². The smallest absolute Gasteiger partial charge is 0.315 e. The summed E-state index contributed by atoms with van der Waals surface area (Å²) in [6.45, 7) is 5.34. The molecule has 2 aromatic rings. The number of anilines is 1. The molecule has 0 bridgehead atoms. The predicted octanol–water partition coefficient (Wildman–Crippen LogP) is 1.96. The Hall–Kier alpha value is -2.83. The van der Waals surface area contributed by atoms with Crippen molar-refractivity contribution in [2.45, 2.75) is 19.9 Å². The molecule has 0 fully saturated rings. The zero-order chi connectivity index (χ0) is 17.2. The Kier molecular flexibility index (Phi) is 6.82. The van der Waals surface area contributed by atoms with Crippen molar-refractivity contribution in [3.05, 3.63) is 48.3 Å². The molecule has 2 rings (SSSR count). The summed E-state index contributed by atoms with van der Waals surface area (Å²) >= 11 is 0. The minimum absolute atomic E-state index is 0.100. The fraction of sp³-hybridized carbons (Fsp3) is 0.353. The Morgan fingerprint density at radius 3 is 2.58 bits per heavy atom. The van der Waals surface area contributed by atoms with Crippen LogP contribution in [0.2, 0.25) is 0 Å². The predicted molar refractivity (Wildman–Crippen MR) is 93.2 cm³/mol. The second-order valence-electron chi connectivity index (χ2n) is 5.42. The SMILES string of the molecule is Cc1ccc(OC[C@H](C)NC(=O)NCCNc2ncccn2)cc1. The fourth-order valence-corrected chi connectivity index (χ4v) is 1.91. The normalized spacial score (nSPS) is 11.4. The number of hydrogen-bond acceptors (Lipinski definition) is 5. The van der Waals surface area contributed by atoms with Gasteiger partial charge < -0.3 is 20.7 Å². The molecule has 128 valence electrons. The van der Waals surface area contributed by atoms with Gasteiger partial charge in [-0.15, -0.1) is 0 Å². The number of aryl methyl sites for hydroxylation is 1. The highest BCUT2D eigenvalue weighted by Gasteiger charge is 2.07. The van der Waals surface area contributed by atoms with Crippen molar-refractivity contribution in [1.82, 2.24) is 20.6 Å². The third-order valence-electron chi connectivity index (χ3n) is 3.16. The number of benzene rings is 1. The molecule has 24 heavy (non-hydrogen) atoms. The Bertz CT molecular complexity index is 619. The van der Waals surface area contributed by atoms with E-state index in [0.29, 0.717) is 25.6 Å². The van der Waals surface area contributed by atoms with Crippen LogP contribution >= 0.6 is 0 Å². The van der Waals surface area contributed by atoms with Crippen LogP contribution in [0.15, 0.2) is 42.7 Å². The third-order valence-corrected chi connectivity index (χ3v) is 3.16. The lowest BCUT2D eigenvalue weighted by Gasteiger charge is -2.16. The number of nitrogens with zero attached hydrogens (tertiary/aromatic N) is 2. The minimum atomic E-state index is -0.231. The maximum absolute atomic E-state index is 11.8. The second kappa shape index (κ2) is 9.34. The van der Waals surface area contributed by atoms with E-state index in [1.54, 1.807) is 18.5 Å². The van der Waals surface area contributed by atoms with Crippen LogP contribution in [0.1, 0.15) is 12.5 Å². The average Bonchev–Trinajstić information content (AvgIpc) is 2.59. The molecule has 0 aliphatic carbocycles. The highest BCUT2D eigenvalue weighted by atomic mass is 16.5. The maximum Gasteiger partial charge on any atom is 0.315 e. The highest BCUT2D eigenvalue weighted by molar-refractivity contribution is 5.74. The van der Waals surface area contributed by atoms with Crippen LogP contribution in [0.3, 0.4) is 0 Å². The quantitative estimate of drug-likeness (QED) is 0.644. The summed E-state index contributed by atoms with van der Waals surface area (Å²) in [5.41, 5.74) is 1.18. The van der Waals surface area contributed by atoms with Crippen LogP contribution in [0.5, 0.6) is 5.75 Å². The van der Waals surface area contributed by atoms with Gasteiger partial charge in [-0.05, 0) is 32.0 Å². The van der Waals surface area contributed by atoms with E-state index in [9.17, 15) is 4.79 Å². The Labute approximate surface area is 141 Å². The number of nitrogens with one attached hydrogen (secondary N) is 3. The van der Waals surface area contributed by atoms with Gasteiger partial charge in [0.15, 0.2) is 0 Å². The van der Waals surface area contributed by atoms with Crippen LogP contribution in [0.4, 0.5) is 10.7 Å². The molecule has 0 aliphatic rings. The number of ether oxygens (including phenoxy) is 1. The average molecular weight is 329 g/mol. The lowest BCUT2D eigenvalue weighted by molar-refractivity contribution is 0.227.